The highest BCUT2D eigenvalue weighted by Crippen LogP contribution is 2.23. The molecule has 0 bridgehead atoms. The molecule has 0 saturated carbocycles. The monoisotopic (exact) mass is 388 g/mol. The Bertz CT molecular complexity index is 1140. The van der Waals surface area contributed by atoms with Crippen LogP contribution in [0.5, 0.6) is 0 Å². The number of hydrogen-bond acceptors (Lipinski definition) is 2. The Morgan fingerprint density at radius 1 is 1.03 bits per heavy atom. The minimum atomic E-state index is -0.301. The van der Waals surface area contributed by atoms with Gasteiger partial charge in [-0.1, -0.05) is 24.3 Å². The number of aromatic nitrogens is 3. The van der Waals surface area contributed by atoms with Crippen LogP contribution in [0.25, 0.3) is 11.5 Å². The molecule has 6 heteroatoms. The normalized spacial score (nSPS) is 10.9. The molecular formula is C23H21FN4O. The fraction of sp³-hybridized carbons (Fsp3) is 0.130. The van der Waals surface area contributed by atoms with E-state index < -0.39 is 0 Å². The minimum absolute atomic E-state index is 0.227. The maximum absolute atomic E-state index is 13.1. The zero-order chi connectivity index (χ0) is 20.4. The van der Waals surface area contributed by atoms with E-state index >= 15 is 0 Å². The van der Waals surface area contributed by atoms with Gasteiger partial charge < -0.3 is 9.88 Å². The van der Waals surface area contributed by atoms with Gasteiger partial charge in [0.25, 0.3) is 5.91 Å². The summed E-state index contributed by atoms with van der Waals surface area (Å²) < 4.78 is 16.8. The topological polar surface area (TPSA) is 51.9 Å². The first kappa shape index (κ1) is 18.7. The molecule has 0 aliphatic heterocycles. The number of carbonyl (C=O) groups is 1. The number of halogens is 1. The molecule has 1 amide bonds. The van der Waals surface area contributed by atoms with Crippen molar-refractivity contribution in [1.29, 1.82) is 0 Å². The molecular weight excluding hydrogens is 367 g/mol. The van der Waals surface area contributed by atoms with Gasteiger partial charge in [0.15, 0.2) is 5.82 Å². The van der Waals surface area contributed by atoms with Crippen molar-refractivity contribution in [2.75, 3.05) is 0 Å². The minimum Gasteiger partial charge on any atom is -0.348 e. The van der Waals surface area contributed by atoms with Gasteiger partial charge in [0.1, 0.15) is 11.4 Å². The highest BCUT2D eigenvalue weighted by atomic mass is 19.1. The molecule has 2 aromatic heterocycles. The fourth-order valence-electron chi connectivity index (χ4n) is 3.31. The molecule has 2 aromatic carbocycles. The van der Waals surface area contributed by atoms with E-state index in [1.807, 2.05) is 67.2 Å². The molecule has 4 aromatic rings. The molecule has 5 nitrogen and oxygen atoms in total. The molecule has 29 heavy (non-hydrogen) atoms. The Kier molecular flexibility index (Phi) is 4.99. The second-order valence-corrected chi connectivity index (χ2v) is 6.93. The van der Waals surface area contributed by atoms with Crippen LogP contribution >= 0.6 is 0 Å². The van der Waals surface area contributed by atoms with Crippen molar-refractivity contribution in [3.8, 4) is 11.5 Å². The van der Waals surface area contributed by atoms with Crippen molar-refractivity contribution in [3.63, 3.8) is 0 Å². The first-order chi connectivity index (χ1) is 14.0. The molecule has 2 heterocycles. The van der Waals surface area contributed by atoms with Gasteiger partial charge >= 0.3 is 0 Å². The summed E-state index contributed by atoms with van der Waals surface area (Å²) in [6.45, 7) is 4.15. The summed E-state index contributed by atoms with van der Waals surface area (Å²) in [5.41, 5.74) is 3.95. The standard InChI is InChI=1S/C23H21FN4O/c1-16-6-5-7-20(14-16)28-23(27-12-3-4-13-27)21(17(2)26-28)22(29)25-15-18-8-10-19(24)11-9-18/h3-14H,15H2,1-2H3,(H,25,29). The summed E-state index contributed by atoms with van der Waals surface area (Å²) in [5, 5.41) is 7.58. The van der Waals surface area contributed by atoms with Gasteiger partial charge in [-0.25, -0.2) is 9.07 Å². The van der Waals surface area contributed by atoms with Crippen molar-refractivity contribution < 1.29 is 9.18 Å². The summed E-state index contributed by atoms with van der Waals surface area (Å²) >= 11 is 0. The zero-order valence-electron chi connectivity index (χ0n) is 16.3. The number of carbonyl (C=O) groups excluding carboxylic acids is 1. The Morgan fingerprint density at radius 3 is 2.45 bits per heavy atom. The van der Waals surface area contributed by atoms with Gasteiger partial charge in [-0.05, 0) is 61.4 Å². The number of hydrogen-bond donors (Lipinski definition) is 1. The Morgan fingerprint density at radius 2 is 1.76 bits per heavy atom. The predicted octanol–water partition coefficient (Wildman–Crippen LogP) is 4.35. The first-order valence-corrected chi connectivity index (χ1v) is 9.35. The molecule has 4 rings (SSSR count). The Labute approximate surface area is 168 Å². The van der Waals surface area contributed by atoms with Gasteiger partial charge in [-0.15, -0.1) is 0 Å². The van der Waals surface area contributed by atoms with Crippen LogP contribution < -0.4 is 5.32 Å². The number of rotatable bonds is 5. The molecule has 1 N–H and O–H groups in total. The summed E-state index contributed by atoms with van der Waals surface area (Å²) in [4.78, 5) is 13.1. The van der Waals surface area contributed by atoms with Gasteiger partial charge in [-0.3, -0.25) is 4.79 Å². The van der Waals surface area contributed by atoms with Gasteiger partial charge in [-0.2, -0.15) is 5.10 Å². The first-order valence-electron chi connectivity index (χ1n) is 9.35. The van der Waals surface area contributed by atoms with E-state index in [1.165, 1.54) is 12.1 Å². The van der Waals surface area contributed by atoms with E-state index in [2.05, 4.69) is 10.4 Å². The summed E-state index contributed by atoms with van der Waals surface area (Å²) in [5.74, 6) is 0.148. The van der Waals surface area contributed by atoms with Crippen molar-refractivity contribution >= 4 is 5.91 Å². The number of nitrogens with zero attached hydrogens (tertiary/aromatic N) is 3. The lowest BCUT2D eigenvalue weighted by molar-refractivity contribution is 0.0950. The molecule has 0 aliphatic rings. The second-order valence-electron chi connectivity index (χ2n) is 6.93. The lowest BCUT2D eigenvalue weighted by atomic mass is 10.2. The fourth-order valence-corrected chi connectivity index (χ4v) is 3.31. The van der Waals surface area contributed by atoms with Gasteiger partial charge in [0.05, 0.1) is 11.4 Å². The second kappa shape index (κ2) is 7.75. The summed E-state index contributed by atoms with van der Waals surface area (Å²) in [6, 6.07) is 17.9. The van der Waals surface area contributed by atoms with Crippen LogP contribution in [0.2, 0.25) is 0 Å². The number of amides is 1. The summed E-state index contributed by atoms with van der Waals surface area (Å²) in [7, 11) is 0. The van der Waals surface area contributed by atoms with Crippen LogP contribution in [0.3, 0.4) is 0 Å². The molecule has 0 spiro atoms. The van der Waals surface area contributed by atoms with Crippen molar-refractivity contribution in [2.45, 2.75) is 20.4 Å². The van der Waals surface area contributed by atoms with E-state index in [0.717, 1.165) is 16.8 Å². The third-order valence-corrected chi connectivity index (χ3v) is 4.72. The molecule has 0 aliphatic carbocycles. The van der Waals surface area contributed by atoms with E-state index in [-0.39, 0.29) is 11.7 Å². The van der Waals surface area contributed by atoms with E-state index in [4.69, 9.17) is 0 Å². The Hall–Kier alpha value is -3.67. The molecule has 0 radical (unpaired) electrons. The van der Waals surface area contributed by atoms with Gasteiger partial charge in [0, 0.05) is 18.9 Å². The lowest BCUT2D eigenvalue weighted by Crippen LogP contribution is -2.24. The Balaban J connectivity index is 1.72. The predicted molar refractivity (Wildman–Crippen MR) is 110 cm³/mol. The summed E-state index contributed by atoms with van der Waals surface area (Å²) in [6.07, 6.45) is 3.78. The highest BCUT2D eigenvalue weighted by Gasteiger charge is 2.23. The number of aryl methyl sites for hydroxylation is 2. The zero-order valence-corrected chi connectivity index (χ0v) is 16.3. The maximum Gasteiger partial charge on any atom is 0.257 e. The van der Waals surface area contributed by atoms with Crippen LogP contribution in [-0.2, 0) is 6.54 Å². The van der Waals surface area contributed by atoms with Crippen LogP contribution in [0.15, 0.2) is 73.1 Å². The molecule has 146 valence electrons. The molecule has 0 saturated heterocycles. The van der Waals surface area contributed by atoms with Crippen LogP contribution in [-0.4, -0.2) is 20.3 Å². The number of benzene rings is 2. The van der Waals surface area contributed by atoms with Crippen LogP contribution in [0.4, 0.5) is 4.39 Å². The largest absolute Gasteiger partial charge is 0.348 e. The van der Waals surface area contributed by atoms with Crippen molar-refractivity contribution in [1.82, 2.24) is 19.7 Å². The van der Waals surface area contributed by atoms with E-state index in [1.54, 1.807) is 16.8 Å². The average molecular weight is 388 g/mol. The molecule has 0 atom stereocenters. The quantitative estimate of drug-likeness (QED) is 0.553. The van der Waals surface area contributed by atoms with E-state index in [0.29, 0.717) is 23.6 Å². The van der Waals surface area contributed by atoms with Crippen molar-refractivity contribution in [2.24, 2.45) is 0 Å². The lowest BCUT2D eigenvalue weighted by Gasteiger charge is -2.12. The number of nitrogens with one attached hydrogen (secondary N) is 1. The maximum atomic E-state index is 13.1. The smallest absolute Gasteiger partial charge is 0.257 e. The van der Waals surface area contributed by atoms with Crippen molar-refractivity contribution in [3.05, 3.63) is 101 Å². The third kappa shape index (κ3) is 3.82. The molecule has 0 unspecified atom stereocenters. The van der Waals surface area contributed by atoms with Gasteiger partial charge in [0.2, 0.25) is 0 Å². The third-order valence-electron chi connectivity index (χ3n) is 4.72. The van der Waals surface area contributed by atoms with Crippen LogP contribution in [0.1, 0.15) is 27.2 Å². The average Bonchev–Trinajstić information content (AvgIpc) is 3.35. The highest BCUT2D eigenvalue weighted by molar-refractivity contribution is 5.98. The van der Waals surface area contributed by atoms with Crippen LogP contribution in [0, 0.1) is 19.7 Å². The molecule has 0 fully saturated rings. The van der Waals surface area contributed by atoms with E-state index in [9.17, 15) is 9.18 Å². The SMILES string of the molecule is Cc1cccc(-n2nc(C)c(C(=O)NCc3ccc(F)cc3)c2-n2cccc2)c1.